The van der Waals surface area contributed by atoms with E-state index in [0.29, 0.717) is 0 Å². The largest absolute Gasteiger partial charge is 0.351 e. The summed E-state index contributed by atoms with van der Waals surface area (Å²) in [6, 6.07) is 2.46. The Morgan fingerprint density at radius 1 is 1.39 bits per heavy atom. The quantitative estimate of drug-likeness (QED) is 0.885. The predicted molar refractivity (Wildman–Crippen MR) is 68.3 cm³/mol. The number of carbonyl (C=O) groups excluding carboxylic acids is 1. The van der Waals surface area contributed by atoms with Gasteiger partial charge >= 0.3 is 0 Å². The zero-order valence-corrected chi connectivity index (χ0v) is 11.1. The normalized spacial score (nSPS) is 11.9. The highest BCUT2D eigenvalue weighted by Gasteiger charge is 2.17. The molecule has 0 radical (unpaired) electrons. The van der Waals surface area contributed by atoms with E-state index < -0.39 is 17.7 Å². The zero-order valence-electron chi connectivity index (χ0n) is 10.2. The fourth-order valence-corrected chi connectivity index (χ4v) is 1.28. The van der Waals surface area contributed by atoms with Gasteiger partial charge in [0.15, 0.2) is 0 Å². The molecule has 0 saturated heterocycles. The fraction of sp³-hybridized carbons (Fsp3) is 0.417. The maximum absolute atomic E-state index is 13.2. The highest BCUT2D eigenvalue weighted by Crippen LogP contribution is 2.09. The van der Waals surface area contributed by atoms with Crippen molar-refractivity contribution in [2.75, 3.05) is 0 Å². The van der Waals surface area contributed by atoms with Crippen LogP contribution >= 0.6 is 12.4 Å². The average Bonchev–Trinajstić information content (AvgIpc) is 2.28. The van der Waals surface area contributed by atoms with E-state index in [1.165, 1.54) is 0 Å². The summed E-state index contributed by atoms with van der Waals surface area (Å²) >= 11 is 0. The van der Waals surface area contributed by atoms with Crippen LogP contribution in [0.2, 0.25) is 0 Å². The molecule has 1 rings (SSSR count). The van der Waals surface area contributed by atoms with Crippen LogP contribution in [0.25, 0.3) is 0 Å². The molecule has 0 aliphatic heterocycles. The summed E-state index contributed by atoms with van der Waals surface area (Å²) in [5.74, 6) is -1.47. The van der Waals surface area contributed by atoms with E-state index in [4.69, 9.17) is 5.73 Å². The lowest BCUT2D eigenvalue weighted by Crippen LogP contribution is -2.43. The lowest BCUT2D eigenvalue weighted by atomic mass is 10.0. The van der Waals surface area contributed by atoms with Crippen LogP contribution in [0.15, 0.2) is 18.2 Å². The van der Waals surface area contributed by atoms with E-state index in [-0.39, 0.29) is 36.3 Å². The molecule has 1 unspecified atom stereocenters. The van der Waals surface area contributed by atoms with Crippen molar-refractivity contribution in [3.05, 3.63) is 35.4 Å². The minimum absolute atomic E-state index is 0. The summed E-state index contributed by atoms with van der Waals surface area (Å²) in [6.45, 7) is 3.56. The third-order valence-electron chi connectivity index (χ3n) is 2.48. The first kappa shape index (κ1) is 16.8. The van der Waals surface area contributed by atoms with Crippen LogP contribution in [0.4, 0.5) is 8.78 Å². The lowest BCUT2D eigenvalue weighted by Gasteiger charge is -2.15. The number of benzene rings is 1. The van der Waals surface area contributed by atoms with Crippen molar-refractivity contribution in [2.45, 2.75) is 26.4 Å². The first-order chi connectivity index (χ1) is 7.91. The molecule has 0 spiro atoms. The third-order valence-corrected chi connectivity index (χ3v) is 2.48. The molecule has 0 bridgehead atoms. The van der Waals surface area contributed by atoms with Gasteiger partial charge in [-0.1, -0.05) is 13.8 Å². The molecule has 0 aromatic heterocycles. The first-order valence-electron chi connectivity index (χ1n) is 5.39. The molecule has 3 N–H and O–H groups in total. The number of carbonyl (C=O) groups is 1. The van der Waals surface area contributed by atoms with Gasteiger partial charge in [-0.15, -0.1) is 12.4 Å². The third kappa shape index (κ3) is 4.58. The van der Waals surface area contributed by atoms with Crippen molar-refractivity contribution in [3.63, 3.8) is 0 Å². The Hall–Kier alpha value is -1.20. The first-order valence-corrected chi connectivity index (χ1v) is 5.39. The molecule has 0 heterocycles. The SMILES string of the molecule is CC(C)C(N)C(=O)NCc1cc(F)ccc1F.Cl. The summed E-state index contributed by atoms with van der Waals surface area (Å²) in [5.41, 5.74) is 5.72. The summed E-state index contributed by atoms with van der Waals surface area (Å²) < 4.78 is 26.1. The smallest absolute Gasteiger partial charge is 0.237 e. The summed E-state index contributed by atoms with van der Waals surface area (Å²) in [7, 11) is 0. The highest BCUT2D eigenvalue weighted by molar-refractivity contribution is 5.85. The summed E-state index contributed by atoms with van der Waals surface area (Å²) in [4.78, 5) is 11.5. The molecule has 0 aliphatic carbocycles. The second-order valence-electron chi connectivity index (χ2n) is 4.22. The molecule has 1 amide bonds. The van der Waals surface area contributed by atoms with Gasteiger partial charge in [0.1, 0.15) is 11.6 Å². The minimum atomic E-state index is -0.647. The van der Waals surface area contributed by atoms with Crippen LogP contribution in [0.1, 0.15) is 19.4 Å². The van der Waals surface area contributed by atoms with Gasteiger partial charge in [-0.05, 0) is 24.1 Å². The number of hydrogen-bond donors (Lipinski definition) is 2. The minimum Gasteiger partial charge on any atom is -0.351 e. The van der Waals surface area contributed by atoms with E-state index in [9.17, 15) is 13.6 Å². The van der Waals surface area contributed by atoms with E-state index in [1.807, 2.05) is 13.8 Å². The molecule has 102 valence electrons. The van der Waals surface area contributed by atoms with Crippen molar-refractivity contribution >= 4 is 18.3 Å². The highest BCUT2D eigenvalue weighted by atomic mass is 35.5. The zero-order chi connectivity index (χ0) is 13.0. The van der Waals surface area contributed by atoms with E-state index in [0.717, 1.165) is 18.2 Å². The molecule has 6 heteroatoms. The average molecular weight is 279 g/mol. The van der Waals surface area contributed by atoms with Gasteiger partial charge in [0.25, 0.3) is 0 Å². The second kappa shape index (κ2) is 7.28. The Bertz CT molecular complexity index is 413. The van der Waals surface area contributed by atoms with Crippen LogP contribution in [0.5, 0.6) is 0 Å². The maximum Gasteiger partial charge on any atom is 0.237 e. The lowest BCUT2D eigenvalue weighted by molar-refractivity contribution is -0.123. The van der Waals surface area contributed by atoms with Crippen LogP contribution in [-0.4, -0.2) is 11.9 Å². The van der Waals surface area contributed by atoms with Gasteiger partial charge in [-0.2, -0.15) is 0 Å². The van der Waals surface area contributed by atoms with Crippen LogP contribution in [0, 0.1) is 17.6 Å². The Morgan fingerprint density at radius 3 is 2.56 bits per heavy atom. The Labute approximate surface area is 111 Å². The topological polar surface area (TPSA) is 55.1 Å². The molecule has 3 nitrogen and oxygen atoms in total. The number of nitrogens with one attached hydrogen (secondary N) is 1. The molecule has 0 aliphatic rings. The van der Waals surface area contributed by atoms with Crippen molar-refractivity contribution in [1.82, 2.24) is 5.32 Å². The monoisotopic (exact) mass is 278 g/mol. The standard InChI is InChI=1S/C12H16F2N2O.ClH/c1-7(2)11(15)12(17)16-6-8-5-9(13)3-4-10(8)14;/h3-5,7,11H,6,15H2,1-2H3,(H,16,17);1H. The number of halogens is 3. The van der Waals surface area contributed by atoms with Gasteiger partial charge in [0.2, 0.25) is 5.91 Å². The molecule has 0 saturated carbocycles. The Morgan fingerprint density at radius 2 is 2.00 bits per heavy atom. The van der Waals surface area contributed by atoms with Crippen LogP contribution in [-0.2, 0) is 11.3 Å². The van der Waals surface area contributed by atoms with E-state index in [2.05, 4.69) is 5.32 Å². The molecule has 1 aromatic rings. The maximum atomic E-state index is 13.2. The van der Waals surface area contributed by atoms with Crippen molar-refractivity contribution in [2.24, 2.45) is 11.7 Å². The number of amides is 1. The predicted octanol–water partition coefficient (Wildman–Crippen LogP) is 1.99. The Kier molecular flexibility index (Phi) is 6.80. The molecule has 1 atom stereocenters. The molecular weight excluding hydrogens is 262 g/mol. The van der Waals surface area contributed by atoms with Gasteiger partial charge < -0.3 is 11.1 Å². The Balaban J connectivity index is 0.00000289. The molecule has 0 fully saturated rings. The second-order valence-corrected chi connectivity index (χ2v) is 4.22. The van der Waals surface area contributed by atoms with E-state index in [1.54, 1.807) is 0 Å². The van der Waals surface area contributed by atoms with Crippen LogP contribution in [0.3, 0.4) is 0 Å². The molecule has 18 heavy (non-hydrogen) atoms. The summed E-state index contributed by atoms with van der Waals surface area (Å²) in [5, 5.41) is 2.48. The van der Waals surface area contributed by atoms with Gasteiger partial charge in [0, 0.05) is 12.1 Å². The number of rotatable bonds is 4. The van der Waals surface area contributed by atoms with Gasteiger partial charge in [-0.25, -0.2) is 8.78 Å². The van der Waals surface area contributed by atoms with Crippen LogP contribution < -0.4 is 11.1 Å². The number of hydrogen-bond acceptors (Lipinski definition) is 2. The van der Waals surface area contributed by atoms with Crippen molar-refractivity contribution in [3.8, 4) is 0 Å². The van der Waals surface area contributed by atoms with Gasteiger partial charge in [0.05, 0.1) is 6.04 Å². The van der Waals surface area contributed by atoms with Crippen molar-refractivity contribution < 1.29 is 13.6 Å². The molecular formula is C12H17ClF2N2O. The van der Waals surface area contributed by atoms with Crippen molar-refractivity contribution in [1.29, 1.82) is 0 Å². The summed E-state index contributed by atoms with van der Waals surface area (Å²) in [6.07, 6.45) is 0. The van der Waals surface area contributed by atoms with E-state index >= 15 is 0 Å². The fourth-order valence-electron chi connectivity index (χ4n) is 1.28. The van der Waals surface area contributed by atoms with Gasteiger partial charge in [-0.3, -0.25) is 4.79 Å². The number of nitrogens with two attached hydrogens (primary N) is 1. The molecule has 1 aromatic carbocycles.